The van der Waals surface area contributed by atoms with Crippen molar-refractivity contribution in [2.75, 3.05) is 0 Å². The average molecular weight is 364 g/mol. The first kappa shape index (κ1) is 11.3. The van der Waals surface area contributed by atoms with E-state index >= 15 is 0 Å². The Balaban J connectivity index is 3.23. The van der Waals surface area contributed by atoms with Crippen LogP contribution in [0.5, 0.6) is 0 Å². The SMILES string of the molecule is OCc1cnc(C(F)F)c(Br)c1I. The molecule has 6 heteroatoms. The van der Waals surface area contributed by atoms with Crippen molar-refractivity contribution in [2.45, 2.75) is 13.0 Å². The molecule has 1 aromatic heterocycles. The van der Waals surface area contributed by atoms with Crippen LogP contribution in [0.4, 0.5) is 8.78 Å². The maximum Gasteiger partial charge on any atom is 0.281 e. The first-order valence-electron chi connectivity index (χ1n) is 3.29. The average Bonchev–Trinajstić information content (AvgIpc) is 2.09. The molecule has 0 bridgehead atoms. The van der Waals surface area contributed by atoms with E-state index in [4.69, 9.17) is 5.11 Å². The lowest BCUT2D eigenvalue weighted by molar-refractivity contribution is 0.145. The number of hydrogen-bond donors (Lipinski definition) is 1. The molecule has 0 saturated carbocycles. The van der Waals surface area contributed by atoms with Gasteiger partial charge in [-0.3, -0.25) is 4.98 Å². The molecule has 0 fully saturated rings. The summed E-state index contributed by atoms with van der Waals surface area (Å²) in [5.74, 6) is 0. The lowest BCUT2D eigenvalue weighted by atomic mass is 10.2. The van der Waals surface area contributed by atoms with E-state index in [1.807, 2.05) is 22.6 Å². The van der Waals surface area contributed by atoms with E-state index in [-0.39, 0.29) is 16.8 Å². The molecule has 2 nitrogen and oxygen atoms in total. The van der Waals surface area contributed by atoms with Gasteiger partial charge in [-0.15, -0.1) is 0 Å². The van der Waals surface area contributed by atoms with E-state index in [1.54, 1.807) is 0 Å². The highest BCUT2D eigenvalue weighted by molar-refractivity contribution is 14.1. The summed E-state index contributed by atoms with van der Waals surface area (Å²) in [5.41, 5.74) is 0.249. The lowest BCUT2D eigenvalue weighted by Gasteiger charge is -2.07. The van der Waals surface area contributed by atoms with Gasteiger partial charge in [-0.25, -0.2) is 8.78 Å². The number of halogens is 4. The van der Waals surface area contributed by atoms with Crippen molar-refractivity contribution in [3.8, 4) is 0 Å². The Morgan fingerprint density at radius 2 is 2.23 bits per heavy atom. The molecule has 0 aliphatic heterocycles. The normalized spacial score (nSPS) is 10.9. The fourth-order valence-electron chi connectivity index (χ4n) is 0.777. The van der Waals surface area contributed by atoms with Crippen LogP contribution in [0.2, 0.25) is 0 Å². The molecule has 1 heterocycles. The van der Waals surface area contributed by atoms with Crippen LogP contribution in [-0.2, 0) is 6.61 Å². The zero-order valence-electron chi connectivity index (χ0n) is 6.27. The smallest absolute Gasteiger partial charge is 0.281 e. The predicted molar refractivity (Wildman–Crippen MR) is 55.5 cm³/mol. The largest absolute Gasteiger partial charge is 0.392 e. The maximum atomic E-state index is 12.3. The third-order valence-electron chi connectivity index (χ3n) is 1.44. The molecule has 0 spiro atoms. The van der Waals surface area contributed by atoms with Crippen LogP contribution < -0.4 is 0 Å². The molecular formula is C7H5BrF2INO. The molecular weight excluding hydrogens is 359 g/mol. The van der Waals surface area contributed by atoms with Gasteiger partial charge in [0.25, 0.3) is 6.43 Å². The van der Waals surface area contributed by atoms with E-state index in [0.29, 0.717) is 9.13 Å². The molecule has 72 valence electrons. The van der Waals surface area contributed by atoms with Crippen molar-refractivity contribution in [3.05, 3.63) is 25.5 Å². The standard InChI is InChI=1S/C7H5BrF2INO/c8-4-5(11)3(2-13)1-12-6(4)7(9)10/h1,7,13H,2H2. The van der Waals surface area contributed by atoms with Gasteiger partial charge in [0.15, 0.2) is 0 Å². The van der Waals surface area contributed by atoms with Gasteiger partial charge < -0.3 is 5.11 Å². The fourth-order valence-corrected chi connectivity index (χ4v) is 1.89. The van der Waals surface area contributed by atoms with Gasteiger partial charge >= 0.3 is 0 Å². The van der Waals surface area contributed by atoms with E-state index in [1.165, 1.54) is 6.20 Å². The first-order chi connectivity index (χ1) is 6.07. The molecule has 0 atom stereocenters. The number of aromatic nitrogens is 1. The molecule has 0 amide bonds. The van der Waals surface area contributed by atoms with Crippen LogP contribution in [0, 0.1) is 3.57 Å². The van der Waals surface area contributed by atoms with Crippen molar-refractivity contribution >= 4 is 38.5 Å². The van der Waals surface area contributed by atoms with Crippen LogP contribution in [0.1, 0.15) is 17.7 Å². The van der Waals surface area contributed by atoms with E-state index in [9.17, 15) is 8.78 Å². The molecule has 1 N–H and O–H groups in total. The zero-order chi connectivity index (χ0) is 10.0. The van der Waals surface area contributed by atoms with Gasteiger partial charge in [-0.1, -0.05) is 0 Å². The molecule has 0 aromatic carbocycles. The molecule has 0 aliphatic carbocycles. The van der Waals surface area contributed by atoms with Crippen LogP contribution in [0.15, 0.2) is 10.7 Å². The van der Waals surface area contributed by atoms with E-state index < -0.39 is 6.43 Å². The Labute approximate surface area is 95.6 Å². The molecule has 1 aromatic rings. The number of alkyl halides is 2. The van der Waals surface area contributed by atoms with E-state index in [2.05, 4.69) is 20.9 Å². The third-order valence-corrected chi connectivity index (χ3v) is 4.21. The summed E-state index contributed by atoms with van der Waals surface area (Å²) in [6.45, 7) is -0.201. The topological polar surface area (TPSA) is 33.1 Å². The predicted octanol–water partition coefficient (Wildman–Crippen LogP) is 2.88. The Bertz CT molecular complexity index is 322. The summed E-state index contributed by atoms with van der Waals surface area (Å²) >= 11 is 4.89. The summed E-state index contributed by atoms with van der Waals surface area (Å²) in [4.78, 5) is 3.55. The number of nitrogens with zero attached hydrogens (tertiary/aromatic N) is 1. The van der Waals surface area contributed by atoms with Gasteiger partial charge in [0.2, 0.25) is 0 Å². The second kappa shape index (κ2) is 4.61. The number of aliphatic hydroxyl groups is 1. The highest BCUT2D eigenvalue weighted by Crippen LogP contribution is 2.30. The molecule has 1 rings (SSSR count). The Morgan fingerprint density at radius 3 is 2.69 bits per heavy atom. The van der Waals surface area contributed by atoms with Gasteiger partial charge in [0.05, 0.1) is 11.1 Å². The molecule has 0 radical (unpaired) electrons. The summed E-state index contributed by atoms with van der Waals surface area (Å²) in [6.07, 6.45) is -1.34. The number of rotatable bonds is 2. The monoisotopic (exact) mass is 363 g/mol. The van der Waals surface area contributed by atoms with Gasteiger partial charge in [-0.05, 0) is 38.5 Å². The van der Waals surface area contributed by atoms with Crippen molar-refractivity contribution in [1.29, 1.82) is 0 Å². The minimum atomic E-state index is -2.60. The Kier molecular flexibility index (Phi) is 3.99. The van der Waals surface area contributed by atoms with Crippen LogP contribution in [-0.4, -0.2) is 10.1 Å². The van der Waals surface area contributed by atoms with Crippen LogP contribution in [0.3, 0.4) is 0 Å². The molecule has 0 aliphatic rings. The van der Waals surface area contributed by atoms with Crippen molar-refractivity contribution < 1.29 is 13.9 Å². The Morgan fingerprint density at radius 1 is 1.62 bits per heavy atom. The van der Waals surface area contributed by atoms with Crippen molar-refractivity contribution in [3.63, 3.8) is 0 Å². The van der Waals surface area contributed by atoms with Gasteiger partial charge in [0, 0.05) is 15.3 Å². The summed E-state index contributed by atoms with van der Waals surface area (Å²) < 4.78 is 25.4. The Hall–Kier alpha value is 0.180. The number of aliphatic hydroxyl groups excluding tert-OH is 1. The number of hydrogen-bond acceptors (Lipinski definition) is 2. The van der Waals surface area contributed by atoms with Gasteiger partial charge in [-0.2, -0.15) is 0 Å². The third kappa shape index (κ3) is 2.35. The van der Waals surface area contributed by atoms with Gasteiger partial charge in [0.1, 0.15) is 5.69 Å². The molecule has 0 unspecified atom stereocenters. The highest BCUT2D eigenvalue weighted by Gasteiger charge is 2.17. The summed E-state index contributed by atoms with van der Waals surface area (Å²) in [5, 5.41) is 8.82. The van der Waals surface area contributed by atoms with E-state index in [0.717, 1.165) is 0 Å². The quantitative estimate of drug-likeness (QED) is 0.819. The second-order valence-corrected chi connectivity index (χ2v) is 4.13. The minimum absolute atomic E-state index is 0.201. The van der Waals surface area contributed by atoms with Crippen molar-refractivity contribution in [2.24, 2.45) is 0 Å². The van der Waals surface area contributed by atoms with Crippen LogP contribution in [0.25, 0.3) is 0 Å². The first-order valence-corrected chi connectivity index (χ1v) is 5.17. The summed E-state index contributed by atoms with van der Waals surface area (Å²) in [6, 6.07) is 0. The molecule has 13 heavy (non-hydrogen) atoms. The lowest BCUT2D eigenvalue weighted by Crippen LogP contribution is -1.98. The molecule has 0 saturated heterocycles. The maximum absolute atomic E-state index is 12.3. The summed E-state index contributed by atoms with van der Waals surface area (Å²) in [7, 11) is 0. The highest BCUT2D eigenvalue weighted by atomic mass is 127. The number of pyridine rings is 1. The second-order valence-electron chi connectivity index (χ2n) is 2.26. The fraction of sp³-hybridized carbons (Fsp3) is 0.286. The zero-order valence-corrected chi connectivity index (χ0v) is 10.0. The van der Waals surface area contributed by atoms with Crippen molar-refractivity contribution in [1.82, 2.24) is 4.98 Å². The minimum Gasteiger partial charge on any atom is -0.392 e. The van der Waals surface area contributed by atoms with Crippen LogP contribution >= 0.6 is 38.5 Å².